The first kappa shape index (κ1) is 38.9. The first-order valence-electron chi connectivity index (χ1n) is 19.5. The second-order valence-corrected chi connectivity index (χ2v) is 19.2. The molecule has 1 spiro atoms. The molecule has 55 heavy (non-hydrogen) atoms. The fourth-order valence-corrected chi connectivity index (χ4v) is 9.46. The number of hydrogen-bond acceptors (Lipinski definition) is 10. The summed E-state index contributed by atoms with van der Waals surface area (Å²) >= 11 is 0. The molecule has 7 rings (SSSR count). The number of fused-ring (bicyclic) bond motifs is 3. The summed E-state index contributed by atoms with van der Waals surface area (Å²) in [6.07, 6.45) is 6.78. The minimum atomic E-state index is -3.89. The van der Waals surface area contributed by atoms with Crippen molar-refractivity contribution >= 4 is 39.9 Å². The predicted octanol–water partition coefficient (Wildman–Crippen LogP) is 3.65. The van der Waals surface area contributed by atoms with Crippen molar-refractivity contribution in [1.29, 1.82) is 0 Å². The maximum absolute atomic E-state index is 14.6. The largest absolute Gasteiger partial charge is 0.489 e. The molecule has 1 aromatic carbocycles. The number of sulfonamides is 1. The molecule has 3 saturated carbocycles. The zero-order valence-electron chi connectivity index (χ0n) is 32.1. The first-order chi connectivity index (χ1) is 26.0. The Balaban J connectivity index is 1.15. The number of rotatable bonds is 6. The molecule has 4 fully saturated rings. The van der Waals surface area contributed by atoms with E-state index in [1.54, 1.807) is 25.7 Å². The number of nitrogens with one attached hydrogen (secondary N) is 3. The number of amides is 5. The van der Waals surface area contributed by atoms with Crippen molar-refractivity contribution in [2.75, 3.05) is 19.8 Å². The maximum atomic E-state index is 14.6. The first-order valence-corrected chi connectivity index (χ1v) is 21.0. The van der Waals surface area contributed by atoms with Crippen molar-refractivity contribution in [3.63, 3.8) is 0 Å². The topological polar surface area (TPSA) is 190 Å². The van der Waals surface area contributed by atoms with Crippen molar-refractivity contribution in [1.82, 2.24) is 25.2 Å². The van der Waals surface area contributed by atoms with E-state index in [1.165, 1.54) is 4.90 Å². The normalized spacial score (nSPS) is 30.1. The quantitative estimate of drug-likeness (QED) is 0.359. The summed E-state index contributed by atoms with van der Waals surface area (Å²) in [6.45, 7) is 8.17. The molecule has 1 saturated heterocycles. The standard InChI is InChI=1S/C39H53N5O10S/c1-5-25-19-39(25,34(47)42-55(50,51)27-12-13-27)41-32(45)29-18-26-21-44(29)33(46)31(37(2,3)4)40-35(48)53-23-38(15-16-38)14-7-6-8-17-52-30-11-9-10-24-20-43(22-28(24)30)36(49)54-26/h6,8-11,25-27,29,31H,5,7,12-23H2,1-4H3,(H,40,48)(H,41,45)(H,42,47)/b8-6+/t25-,26?,29-,31+,39-/m0/s1. The van der Waals surface area contributed by atoms with Gasteiger partial charge in [0.1, 0.15) is 36.1 Å². The molecular weight excluding hydrogens is 731 g/mol. The zero-order valence-corrected chi connectivity index (χ0v) is 32.9. The lowest BCUT2D eigenvalue weighted by Crippen LogP contribution is -2.60. The lowest BCUT2D eigenvalue weighted by Gasteiger charge is -2.35. The number of nitrogens with zero attached hydrogens (tertiary/aromatic N) is 2. The van der Waals surface area contributed by atoms with Gasteiger partial charge in [0.2, 0.25) is 21.8 Å². The highest BCUT2D eigenvalue weighted by atomic mass is 32.2. The van der Waals surface area contributed by atoms with Gasteiger partial charge in [-0.1, -0.05) is 58.4 Å². The van der Waals surface area contributed by atoms with Gasteiger partial charge in [0, 0.05) is 23.9 Å². The summed E-state index contributed by atoms with van der Waals surface area (Å²) in [5, 5.41) is 4.95. The summed E-state index contributed by atoms with van der Waals surface area (Å²) in [5.41, 5.74) is -0.613. The molecule has 3 aliphatic carbocycles. The van der Waals surface area contributed by atoms with Crippen LogP contribution in [0.25, 0.3) is 0 Å². The second-order valence-electron chi connectivity index (χ2n) is 17.3. The van der Waals surface area contributed by atoms with E-state index >= 15 is 0 Å². The van der Waals surface area contributed by atoms with E-state index in [2.05, 4.69) is 21.4 Å². The minimum Gasteiger partial charge on any atom is -0.489 e. The Labute approximate surface area is 322 Å². The number of ether oxygens (including phenoxy) is 3. The van der Waals surface area contributed by atoms with Gasteiger partial charge in [-0.25, -0.2) is 18.0 Å². The molecular formula is C39H53N5O10S. The van der Waals surface area contributed by atoms with Gasteiger partial charge in [-0.05, 0) is 67.9 Å². The van der Waals surface area contributed by atoms with E-state index in [0.29, 0.717) is 38.2 Å². The third-order valence-electron chi connectivity index (χ3n) is 12.0. The molecule has 3 N–H and O–H groups in total. The Morgan fingerprint density at radius 3 is 2.47 bits per heavy atom. The highest BCUT2D eigenvalue weighted by Crippen LogP contribution is 2.50. The van der Waals surface area contributed by atoms with E-state index in [9.17, 15) is 32.4 Å². The molecule has 0 radical (unpaired) electrons. The Kier molecular flexibility index (Phi) is 10.3. The van der Waals surface area contributed by atoms with Gasteiger partial charge in [-0.15, -0.1) is 0 Å². The number of benzene rings is 1. The van der Waals surface area contributed by atoms with Crippen LogP contribution < -0.4 is 20.1 Å². The molecule has 1 aromatic rings. The van der Waals surface area contributed by atoms with Crippen LogP contribution in [0.4, 0.5) is 9.59 Å². The van der Waals surface area contributed by atoms with Gasteiger partial charge in [0.05, 0.1) is 24.9 Å². The smallest absolute Gasteiger partial charge is 0.410 e. The molecule has 15 nitrogen and oxygen atoms in total. The monoisotopic (exact) mass is 783 g/mol. The van der Waals surface area contributed by atoms with Gasteiger partial charge < -0.3 is 29.7 Å². The van der Waals surface area contributed by atoms with Crippen LogP contribution in [0.15, 0.2) is 30.4 Å². The summed E-state index contributed by atoms with van der Waals surface area (Å²) in [5.74, 6) is -1.70. The third-order valence-corrected chi connectivity index (χ3v) is 13.9. The van der Waals surface area contributed by atoms with Crippen LogP contribution in [0.5, 0.6) is 5.75 Å². The minimum absolute atomic E-state index is 0.0799. The number of carbonyl (C=O) groups excluding carboxylic acids is 5. The van der Waals surface area contributed by atoms with Crippen molar-refractivity contribution in [2.45, 2.75) is 128 Å². The molecule has 300 valence electrons. The van der Waals surface area contributed by atoms with Gasteiger partial charge >= 0.3 is 12.2 Å². The van der Waals surface area contributed by atoms with Crippen LogP contribution in [-0.2, 0) is 47.0 Å². The number of hydrogen-bond donors (Lipinski definition) is 3. The Hall–Kier alpha value is -4.34. The Morgan fingerprint density at radius 1 is 1.04 bits per heavy atom. The molecule has 3 heterocycles. The van der Waals surface area contributed by atoms with Crippen molar-refractivity contribution in [3.05, 3.63) is 41.5 Å². The Bertz CT molecular complexity index is 1870. The highest BCUT2D eigenvalue weighted by molar-refractivity contribution is 7.91. The van der Waals surface area contributed by atoms with Crippen molar-refractivity contribution < 1.29 is 46.6 Å². The molecule has 3 aliphatic heterocycles. The fourth-order valence-electron chi connectivity index (χ4n) is 8.09. The van der Waals surface area contributed by atoms with E-state index in [1.807, 2.05) is 31.2 Å². The Morgan fingerprint density at radius 2 is 1.80 bits per heavy atom. The van der Waals surface area contributed by atoms with E-state index in [-0.39, 0.29) is 43.9 Å². The highest BCUT2D eigenvalue weighted by Gasteiger charge is 2.62. The molecule has 6 aliphatic rings. The molecule has 0 aromatic heterocycles. The van der Waals surface area contributed by atoms with Crippen LogP contribution in [0.3, 0.4) is 0 Å². The average Bonchev–Trinajstić information content (AvgIpc) is 4.08. The van der Waals surface area contributed by atoms with Crippen LogP contribution >= 0.6 is 0 Å². The van der Waals surface area contributed by atoms with E-state index < -0.39 is 74.3 Å². The second kappa shape index (κ2) is 14.6. The molecule has 4 bridgehead atoms. The van der Waals surface area contributed by atoms with Crippen LogP contribution in [-0.4, -0.2) is 96.9 Å². The third kappa shape index (κ3) is 8.29. The molecule has 1 unspecified atom stereocenters. The summed E-state index contributed by atoms with van der Waals surface area (Å²) in [4.78, 5) is 72.2. The number of cyclic esters (lactones) is 1. The van der Waals surface area contributed by atoms with E-state index in [4.69, 9.17) is 14.2 Å². The summed E-state index contributed by atoms with van der Waals surface area (Å²) < 4.78 is 45.4. The lowest BCUT2D eigenvalue weighted by atomic mass is 9.85. The number of allylic oxidation sites excluding steroid dienone is 1. The van der Waals surface area contributed by atoms with Gasteiger partial charge in [0.15, 0.2) is 0 Å². The van der Waals surface area contributed by atoms with Crippen molar-refractivity contribution in [3.8, 4) is 5.75 Å². The molecule has 5 atom stereocenters. The summed E-state index contributed by atoms with van der Waals surface area (Å²) in [7, 11) is -3.89. The molecule has 16 heteroatoms. The van der Waals surface area contributed by atoms with Crippen LogP contribution in [0.1, 0.15) is 96.6 Å². The van der Waals surface area contributed by atoms with Crippen LogP contribution in [0.2, 0.25) is 0 Å². The molecule has 5 amide bonds. The van der Waals surface area contributed by atoms with Gasteiger partial charge in [-0.2, -0.15) is 0 Å². The fraction of sp³-hybridized carbons (Fsp3) is 0.667. The predicted molar refractivity (Wildman–Crippen MR) is 199 cm³/mol. The number of alkyl carbamates (subject to hydrolysis) is 1. The van der Waals surface area contributed by atoms with Gasteiger partial charge in [-0.3, -0.25) is 24.0 Å². The average molecular weight is 784 g/mol. The number of carbonyl (C=O) groups is 5. The van der Waals surface area contributed by atoms with E-state index in [0.717, 1.165) is 36.8 Å². The zero-order chi connectivity index (χ0) is 39.3. The summed E-state index contributed by atoms with van der Waals surface area (Å²) in [6, 6.07) is 3.36. The SMILES string of the molecule is CC[C@H]1C[C@@]1(NC(=O)[C@@H]1CC2CN1C(=O)[C@H](C(C)(C)C)NC(=O)OCC1(CC/C=C/COc3cccc4c3CN(C4)C(=O)O2)CC1)C(=O)NS(=O)(=O)C1CC1. The van der Waals surface area contributed by atoms with Crippen molar-refractivity contribution in [2.24, 2.45) is 16.7 Å². The maximum Gasteiger partial charge on any atom is 0.410 e. The van der Waals surface area contributed by atoms with Gasteiger partial charge in [0.25, 0.3) is 5.91 Å². The van der Waals surface area contributed by atoms with Crippen LogP contribution in [0, 0.1) is 16.7 Å². The lowest BCUT2D eigenvalue weighted by molar-refractivity contribution is -0.143.